The number of hydrogen-bond donors (Lipinski definition) is 2. The molecule has 0 saturated carbocycles. The Morgan fingerprint density at radius 2 is 1.21 bits per heavy atom. The second-order valence-corrected chi connectivity index (χ2v) is 4.96. The third kappa shape index (κ3) is 17.9. The highest BCUT2D eigenvalue weighted by molar-refractivity contribution is 8.76. The summed E-state index contributed by atoms with van der Waals surface area (Å²) in [6, 6.07) is 0. The minimum absolute atomic E-state index is 0.669. The molecule has 0 aromatic rings. The molecule has 0 heterocycles. The first-order valence-electron chi connectivity index (χ1n) is 4.37. The Balaban J connectivity index is 0. The van der Waals surface area contributed by atoms with Crippen molar-refractivity contribution < 1.29 is 9.59 Å². The van der Waals surface area contributed by atoms with Crippen molar-refractivity contribution in [2.45, 2.75) is 25.7 Å². The lowest BCUT2D eigenvalue weighted by Gasteiger charge is -1.96. The highest BCUT2D eigenvalue weighted by Gasteiger charge is 1.90. The van der Waals surface area contributed by atoms with Crippen molar-refractivity contribution in [1.82, 2.24) is 0 Å². The van der Waals surface area contributed by atoms with Crippen LogP contribution < -0.4 is 11.7 Å². The molecule has 0 aliphatic heterocycles. The zero-order valence-corrected chi connectivity index (χ0v) is 9.82. The standard InChI is InChI=1S/C8H14O2S2.H4N2/c9-5-1-3-7-11-12-8-4-2-6-10;1-2/h5-6H,1-4,7-8H2;1-2H2. The molecular formula is C8H18N2O2S2. The van der Waals surface area contributed by atoms with Gasteiger partial charge in [0, 0.05) is 24.3 Å². The van der Waals surface area contributed by atoms with E-state index < -0.39 is 0 Å². The number of unbranched alkanes of at least 4 members (excludes halogenated alkanes) is 2. The quantitative estimate of drug-likeness (QED) is 0.206. The van der Waals surface area contributed by atoms with Crippen LogP contribution in [0.1, 0.15) is 25.7 Å². The Hall–Kier alpha value is -0.0400. The molecule has 6 heteroatoms. The molecule has 84 valence electrons. The molecule has 0 bridgehead atoms. The maximum absolute atomic E-state index is 9.92. The molecule has 0 spiro atoms. The van der Waals surface area contributed by atoms with Crippen LogP contribution in [-0.2, 0) is 9.59 Å². The van der Waals surface area contributed by atoms with Gasteiger partial charge in [0.15, 0.2) is 0 Å². The van der Waals surface area contributed by atoms with Crippen molar-refractivity contribution >= 4 is 34.2 Å². The van der Waals surface area contributed by atoms with Gasteiger partial charge in [0.25, 0.3) is 0 Å². The van der Waals surface area contributed by atoms with Crippen molar-refractivity contribution in [1.29, 1.82) is 0 Å². The molecule has 0 unspecified atom stereocenters. The van der Waals surface area contributed by atoms with Gasteiger partial charge in [-0.05, 0) is 12.8 Å². The van der Waals surface area contributed by atoms with Crippen molar-refractivity contribution in [3.8, 4) is 0 Å². The fourth-order valence-electron chi connectivity index (χ4n) is 0.569. The van der Waals surface area contributed by atoms with Crippen LogP contribution in [0.15, 0.2) is 0 Å². The summed E-state index contributed by atoms with van der Waals surface area (Å²) < 4.78 is 0. The normalized spacial score (nSPS) is 8.71. The Labute approximate surface area is 92.9 Å². The maximum Gasteiger partial charge on any atom is 0.120 e. The number of rotatable bonds is 9. The van der Waals surface area contributed by atoms with E-state index in [1.54, 1.807) is 21.6 Å². The summed E-state index contributed by atoms with van der Waals surface area (Å²) in [4.78, 5) is 19.8. The first kappa shape index (κ1) is 16.4. The number of carbonyl (C=O) groups is 2. The van der Waals surface area contributed by atoms with Gasteiger partial charge in [-0.1, -0.05) is 21.6 Å². The summed E-state index contributed by atoms with van der Waals surface area (Å²) >= 11 is 0. The van der Waals surface area contributed by atoms with Crippen LogP contribution in [0.5, 0.6) is 0 Å². The molecule has 0 rings (SSSR count). The molecule has 4 N–H and O–H groups in total. The van der Waals surface area contributed by atoms with E-state index in [1.807, 2.05) is 0 Å². The first-order chi connectivity index (χ1) is 6.91. The van der Waals surface area contributed by atoms with Crippen LogP contribution in [0.4, 0.5) is 0 Å². The minimum Gasteiger partial charge on any atom is -0.303 e. The van der Waals surface area contributed by atoms with E-state index in [-0.39, 0.29) is 0 Å². The van der Waals surface area contributed by atoms with E-state index in [2.05, 4.69) is 11.7 Å². The van der Waals surface area contributed by atoms with E-state index in [0.717, 1.165) is 36.9 Å². The molecule has 0 aromatic carbocycles. The zero-order chi connectivity index (χ0) is 11.1. The SMILES string of the molecule is NN.O=CCCCSSCCCC=O. The molecule has 0 amide bonds. The monoisotopic (exact) mass is 238 g/mol. The average molecular weight is 238 g/mol. The molecule has 0 aliphatic carbocycles. The first-order valence-corrected chi connectivity index (χ1v) is 6.85. The van der Waals surface area contributed by atoms with Crippen LogP contribution in [0.25, 0.3) is 0 Å². The van der Waals surface area contributed by atoms with Gasteiger partial charge in [-0.25, -0.2) is 0 Å². The van der Waals surface area contributed by atoms with Crippen LogP contribution in [-0.4, -0.2) is 24.1 Å². The molecule has 0 aliphatic rings. The Morgan fingerprint density at radius 3 is 1.50 bits per heavy atom. The van der Waals surface area contributed by atoms with Gasteiger partial charge < -0.3 is 9.59 Å². The molecule has 14 heavy (non-hydrogen) atoms. The van der Waals surface area contributed by atoms with Crippen molar-refractivity contribution in [2.75, 3.05) is 11.5 Å². The summed E-state index contributed by atoms with van der Waals surface area (Å²) in [5, 5.41) is 0. The number of carbonyl (C=O) groups excluding carboxylic acids is 2. The van der Waals surface area contributed by atoms with Crippen LogP contribution in [0.3, 0.4) is 0 Å². The van der Waals surface area contributed by atoms with Crippen molar-refractivity contribution in [3.05, 3.63) is 0 Å². The number of hydrogen-bond acceptors (Lipinski definition) is 6. The van der Waals surface area contributed by atoms with E-state index in [9.17, 15) is 9.59 Å². The smallest absolute Gasteiger partial charge is 0.120 e. The number of hydrazine groups is 1. The highest BCUT2D eigenvalue weighted by atomic mass is 33.1. The largest absolute Gasteiger partial charge is 0.303 e. The van der Waals surface area contributed by atoms with E-state index in [1.165, 1.54) is 0 Å². The number of nitrogens with two attached hydrogens (primary N) is 2. The summed E-state index contributed by atoms with van der Waals surface area (Å²) in [5.74, 6) is 10.1. The van der Waals surface area contributed by atoms with E-state index in [4.69, 9.17) is 0 Å². The predicted molar refractivity (Wildman–Crippen MR) is 63.9 cm³/mol. The van der Waals surface area contributed by atoms with Gasteiger partial charge in [0.05, 0.1) is 0 Å². The maximum atomic E-state index is 9.92. The lowest BCUT2D eigenvalue weighted by atomic mass is 10.4. The van der Waals surface area contributed by atoms with Gasteiger partial charge in [-0.2, -0.15) is 0 Å². The van der Waals surface area contributed by atoms with Gasteiger partial charge in [-0.15, -0.1) is 0 Å². The van der Waals surface area contributed by atoms with Crippen LogP contribution in [0.2, 0.25) is 0 Å². The summed E-state index contributed by atoms with van der Waals surface area (Å²) in [5.41, 5.74) is 0. The summed E-state index contributed by atoms with van der Waals surface area (Å²) in [7, 11) is 3.57. The van der Waals surface area contributed by atoms with Gasteiger partial charge in [0.2, 0.25) is 0 Å². The second-order valence-electron chi connectivity index (χ2n) is 2.26. The Bertz CT molecular complexity index is 112. The van der Waals surface area contributed by atoms with Crippen LogP contribution >= 0.6 is 21.6 Å². The molecule has 0 atom stereocenters. The Kier molecular flexibility index (Phi) is 21.9. The molecule has 0 saturated heterocycles. The third-order valence-electron chi connectivity index (χ3n) is 1.18. The molecular weight excluding hydrogens is 220 g/mol. The van der Waals surface area contributed by atoms with Gasteiger partial charge in [0.1, 0.15) is 12.6 Å². The minimum atomic E-state index is 0.669. The third-order valence-corrected chi connectivity index (χ3v) is 3.76. The van der Waals surface area contributed by atoms with Gasteiger partial charge >= 0.3 is 0 Å². The van der Waals surface area contributed by atoms with Crippen molar-refractivity contribution in [2.24, 2.45) is 11.7 Å². The molecule has 4 nitrogen and oxygen atoms in total. The van der Waals surface area contributed by atoms with E-state index >= 15 is 0 Å². The second kappa shape index (κ2) is 18.7. The molecule has 0 aromatic heterocycles. The van der Waals surface area contributed by atoms with Crippen molar-refractivity contribution in [3.63, 3.8) is 0 Å². The topological polar surface area (TPSA) is 86.2 Å². The van der Waals surface area contributed by atoms with Gasteiger partial charge in [-0.3, -0.25) is 11.7 Å². The lowest BCUT2D eigenvalue weighted by molar-refractivity contribution is -0.108. The number of aldehydes is 2. The Morgan fingerprint density at radius 1 is 0.857 bits per heavy atom. The summed E-state index contributed by atoms with van der Waals surface area (Å²) in [6.45, 7) is 0. The molecule has 0 radical (unpaired) electrons. The average Bonchev–Trinajstić information content (AvgIpc) is 2.25. The predicted octanol–water partition coefficient (Wildman–Crippen LogP) is 1.14. The van der Waals surface area contributed by atoms with E-state index in [0.29, 0.717) is 12.8 Å². The molecule has 0 fully saturated rings. The van der Waals surface area contributed by atoms with Crippen LogP contribution in [0, 0.1) is 0 Å². The fraction of sp³-hybridized carbons (Fsp3) is 0.750. The highest BCUT2D eigenvalue weighted by Crippen LogP contribution is 2.23. The fourth-order valence-corrected chi connectivity index (χ4v) is 2.79. The zero-order valence-electron chi connectivity index (χ0n) is 8.19. The lowest BCUT2D eigenvalue weighted by Crippen LogP contribution is -2.02. The summed E-state index contributed by atoms with van der Waals surface area (Å²) in [6.07, 6.45) is 5.18.